The standard InChI is InChI=1S/C27H26FN3O2/c1-17(32)29-20-10-7-18(8-11-20)16-31-14-13-22-21-5-3-4-6-24(21)30-26(22)27(31)19-9-12-23(28)25(15-19)33-2/h3-12,15,27,30H,13-14,16H2,1-2H3,(H,29,32)/t27-/m1/s1. The quantitative estimate of drug-likeness (QED) is 0.433. The molecule has 2 heterocycles. The second-order valence-corrected chi connectivity index (χ2v) is 8.46. The zero-order valence-corrected chi connectivity index (χ0v) is 18.7. The number of carbonyl (C=O) groups excluding carboxylic acids is 1. The summed E-state index contributed by atoms with van der Waals surface area (Å²) in [5.74, 6) is -0.208. The van der Waals surface area contributed by atoms with Crippen molar-refractivity contribution in [1.82, 2.24) is 9.88 Å². The first kappa shape index (κ1) is 21.2. The molecular formula is C27H26FN3O2. The van der Waals surface area contributed by atoms with E-state index in [2.05, 4.69) is 33.4 Å². The lowest BCUT2D eigenvalue weighted by Gasteiger charge is -2.36. The highest BCUT2D eigenvalue weighted by Gasteiger charge is 2.32. The molecule has 0 radical (unpaired) electrons. The third kappa shape index (κ3) is 4.10. The van der Waals surface area contributed by atoms with E-state index in [1.54, 1.807) is 6.07 Å². The fourth-order valence-corrected chi connectivity index (χ4v) is 4.82. The molecule has 2 N–H and O–H groups in total. The van der Waals surface area contributed by atoms with Gasteiger partial charge in [0.15, 0.2) is 11.6 Å². The van der Waals surface area contributed by atoms with Crippen molar-refractivity contribution in [3.8, 4) is 5.75 Å². The molecule has 6 heteroatoms. The van der Waals surface area contributed by atoms with Gasteiger partial charge in [0.05, 0.1) is 13.2 Å². The Morgan fingerprint density at radius 2 is 1.94 bits per heavy atom. The van der Waals surface area contributed by atoms with E-state index >= 15 is 0 Å². The van der Waals surface area contributed by atoms with E-state index in [1.165, 1.54) is 31.0 Å². The number of methoxy groups -OCH3 is 1. The monoisotopic (exact) mass is 443 g/mol. The summed E-state index contributed by atoms with van der Waals surface area (Å²) in [5.41, 5.74) is 6.48. The molecule has 0 bridgehead atoms. The normalized spacial score (nSPS) is 15.9. The summed E-state index contributed by atoms with van der Waals surface area (Å²) >= 11 is 0. The fourth-order valence-electron chi connectivity index (χ4n) is 4.82. The predicted molar refractivity (Wildman–Crippen MR) is 128 cm³/mol. The molecular weight excluding hydrogens is 417 g/mol. The van der Waals surface area contributed by atoms with Crippen LogP contribution in [0.4, 0.5) is 10.1 Å². The number of nitrogens with one attached hydrogen (secondary N) is 2. The molecule has 1 aliphatic rings. The minimum absolute atomic E-state index is 0.0642. The smallest absolute Gasteiger partial charge is 0.221 e. The van der Waals surface area contributed by atoms with Crippen LogP contribution < -0.4 is 10.1 Å². The van der Waals surface area contributed by atoms with Gasteiger partial charge in [0.1, 0.15) is 0 Å². The Kier molecular flexibility index (Phi) is 5.60. The number of H-pyrrole nitrogens is 1. The van der Waals surface area contributed by atoms with E-state index in [4.69, 9.17) is 4.74 Å². The summed E-state index contributed by atoms with van der Waals surface area (Å²) in [4.78, 5) is 17.4. The van der Waals surface area contributed by atoms with E-state index in [1.807, 2.05) is 36.4 Å². The lowest BCUT2D eigenvalue weighted by molar-refractivity contribution is -0.114. The summed E-state index contributed by atoms with van der Waals surface area (Å²) < 4.78 is 19.5. The molecule has 0 unspecified atom stereocenters. The Morgan fingerprint density at radius 1 is 1.15 bits per heavy atom. The third-order valence-electron chi connectivity index (χ3n) is 6.29. The number of aromatic nitrogens is 1. The highest BCUT2D eigenvalue weighted by atomic mass is 19.1. The largest absolute Gasteiger partial charge is 0.494 e. The van der Waals surface area contributed by atoms with E-state index in [0.717, 1.165) is 47.5 Å². The van der Waals surface area contributed by atoms with Gasteiger partial charge in [0, 0.05) is 42.3 Å². The van der Waals surface area contributed by atoms with E-state index in [0.29, 0.717) is 0 Å². The highest BCUT2D eigenvalue weighted by molar-refractivity contribution is 5.88. The van der Waals surface area contributed by atoms with Crippen LogP contribution in [0.25, 0.3) is 10.9 Å². The van der Waals surface area contributed by atoms with Crippen molar-refractivity contribution in [2.45, 2.75) is 25.9 Å². The Labute approximate surface area is 192 Å². The number of ether oxygens (including phenoxy) is 1. The maximum Gasteiger partial charge on any atom is 0.221 e. The highest BCUT2D eigenvalue weighted by Crippen LogP contribution is 2.40. The first-order valence-electron chi connectivity index (χ1n) is 11.1. The number of carbonyl (C=O) groups is 1. The number of anilines is 1. The van der Waals surface area contributed by atoms with Crippen LogP contribution in [-0.4, -0.2) is 29.4 Å². The number of benzene rings is 3. The molecule has 0 saturated carbocycles. The topological polar surface area (TPSA) is 57.4 Å². The van der Waals surface area contributed by atoms with Gasteiger partial charge in [-0.3, -0.25) is 9.69 Å². The molecule has 1 aliphatic heterocycles. The number of nitrogens with zero attached hydrogens (tertiary/aromatic N) is 1. The van der Waals surface area contributed by atoms with E-state index < -0.39 is 0 Å². The van der Waals surface area contributed by atoms with Crippen molar-refractivity contribution in [3.63, 3.8) is 0 Å². The first-order valence-corrected chi connectivity index (χ1v) is 11.1. The molecule has 5 nitrogen and oxygen atoms in total. The summed E-state index contributed by atoms with van der Waals surface area (Å²) in [7, 11) is 1.49. The van der Waals surface area contributed by atoms with Crippen LogP contribution in [0.15, 0.2) is 66.7 Å². The molecule has 0 fully saturated rings. The van der Waals surface area contributed by atoms with Crippen molar-refractivity contribution in [3.05, 3.63) is 94.9 Å². The number of amides is 1. The van der Waals surface area contributed by atoms with Crippen LogP contribution in [-0.2, 0) is 17.8 Å². The molecule has 1 amide bonds. The van der Waals surface area contributed by atoms with Gasteiger partial charge >= 0.3 is 0 Å². The zero-order valence-electron chi connectivity index (χ0n) is 18.7. The molecule has 168 valence electrons. The third-order valence-corrected chi connectivity index (χ3v) is 6.29. The van der Waals surface area contributed by atoms with Crippen molar-refractivity contribution in [1.29, 1.82) is 0 Å². The lowest BCUT2D eigenvalue weighted by atomic mass is 9.91. The second kappa shape index (κ2) is 8.71. The number of aromatic amines is 1. The first-order chi connectivity index (χ1) is 16.0. The van der Waals surface area contributed by atoms with Gasteiger partial charge in [-0.25, -0.2) is 4.39 Å². The average molecular weight is 444 g/mol. The number of halogens is 1. The van der Waals surface area contributed by atoms with Crippen molar-refractivity contribution < 1.29 is 13.9 Å². The molecule has 0 saturated heterocycles. The summed E-state index contributed by atoms with van der Waals surface area (Å²) in [6, 6.07) is 21.3. The lowest BCUT2D eigenvalue weighted by Crippen LogP contribution is -2.35. The van der Waals surface area contributed by atoms with Crippen molar-refractivity contribution >= 4 is 22.5 Å². The van der Waals surface area contributed by atoms with Crippen LogP contribution in [0.2, 0.25) is 0 Å². The van der Waals surface area contributed by atoms with Gasteiger partial charge in [-0.05, 0) is 53.4 Å². The maximum atomic E-state index is 14.2. The minimum Gasteiger partial charge on any atom is -0.494 e. The molecule has 5 rings (SSSR count). The average Bonchev–Trinajstić information content (AvgIpc) is 3.19. The molecule has 1 aromatic heterocycles. The molecule has 4 aromatic rings. The van der Waals surface area contributed by atoms with Crippen molar-refractivity contribution in [2.75, 3.05) is 19.0 Å². The number of hydrogen-bond acceptors (Lipinski definition) is 3. The van der Waals surface area contributed by atoms with Crippen LogP contribution >= 0.6 is 0 Å². The van der Waals surface area contributed by atoms with E-state index in [-0.39, 0.29) is 23.5 Å². The molecule has 0 aliphatic carbocycles. The minimum atomic E-state index is -0.367. The summed E-state index contributed by atoms with van der Waals surface area (Å²) in [5, 5.41) is 4.05. The van der Waals surface area contributed by atoms with Gasteiger partial charge in [-0.15, -0.1) is 0 Å². The SMILES string of the molecule is COc1cc([C@@H]2c3[nH]c4ccccc4c3CCN2Cc2ccc(NC(C)=O)cc2)ccc1F. The van der Waals surface area contributed by atoms with Crippen LogP contribution in [0.3, 0.4) is 0 Å². The molecule has 1 atom stereocenters. The Bertz CT molecular complexity index is 1310. The van der Waals surface area contributed by atoms with Gasteiger partial charge in [0.25, 0.3) is 0 Å². The van der Waals surface area contributed by atoms with Gasteiger partial charge in [-0.2, -0.15) is 0 Å². The Morgan fingerprint density at radius 3 is 2.70 bits per heavy atom. The summed E-state index contributed by atoms with van der Waals surface area (Å²) in [6.07, 6.45) is 0.929. The van der Waals surface area contributed by atoms with Crippen molar-refractivity contribution in [2.24, 2.45) is 0 Å². The van der Waals surface area contributed by atoms with Crippen LogP contribution in [0, 0.1) is 5.82 Å². The summed E-state index contributed by atoms with van der Waals surface area (Å²) in [6.45, 7) is 3.09. The number of hydrogen-bond donors (Lipinski definition) is 2. The Hall–Kier alpha value is -3.64. The number of rotatable bonds is 5. The van der Waals surface area contributed by atoms with Crippen LogP contribution in [0.5, 0.6) is 5.75 Å². The predicted octanol–water partition coefficient (Wildman–Crippen LogP) is 5.42. The fraction of sp³-hybridized carbons (Fsp3) is 0.222. The van der Waals surface area contributed by atoms with Gasteiger partial charge in [-0.1, -0.05) is 36.4 Å². The zero-order chi connectivity index (χ0) is 22.9. The number of fused-ring (bicyclic) bond motifs is 3. The maximum absolute atomic E-state index is 14.2. The number of para-hydroxylation sites is 1. The molecule has 0 spiro atoms. The van der Waals surface area contributed by atoms with E-state index in [9.17, 15) is 9.18 Å². The van der Waals surface area contributed by atoms with Crippen LogP contribution in [0.1, 0.15) is 35.3 Å². The second-order valence-electron chi connectivity index (χ2n) is 8.46. The van der Waals surface area contributed by atoms with Gasteiger partial charge < -0.3 is 15.0 Å². The molecule has 33 heavy (non-hydrogen) atoms. The van der Waals surface area contributed by atoms with Gasteiger partial charge in [0.2, 0.25) is 5.91 Å². The Balaban J connectivity index is 1.54. The molecule has 3 aromatic carbocycles.